The van der Waals surface area contributed by atoms with Crippen molar-refractivity contribution in [2.45, 2.75) is 57.0 Å². The maximum Gasteiger partial charge on any atom is 0.490 e. The van der Waals surface area contributed by atoms with Crippen LogP contribution >= 0.6 is 23.5 Å². The third kappa shape index (κ3) is 12.0. The minimum absolute atomic E-state index is 0.0486. The second kappa shape index (κ2) is 20.8. The largest absolute Gasteiger partial charge is 0.490 e. The molecule has 1 fully saturated rings. The Bertz CT molecular complexity index is 3130. The highest BCUT2D eigenvalue weighted by molar-refractivity contribution is 7.66. The monoisotopic (exact) mass is 1040 g/mol. The Morgan fingerprint density at radius 1 is 1.01 bits per heavy atom. The van der Waals surface area contributed by atoms with Crippen LogP contribution in [0.15, 0.2) is 84.4 Å². The second-order valence-electron chi connectivity index (χ2n) is 17.9. The number of amides is 2. The Balaban J connectivity index is 0.985. The van der Waals surface area contributed by atoms with Gasteiger partial charge in [0.1, 0.15) is 44.2 Å². The number of nitrogens with zero attached hydrogens (tertiary/aromatic N) is 6. The molecule has 3 heterocycles. The predicted octanol–water partition coefficient (Wildman–Crippen LogP) is 4.39. The molecule has 4 aromatic rings. The highest BCUT2D eigenvalue weighted by atomic mass is 31.3. The van der Waals surface area contributed by atoms with Crippen molar-refractivity contribution in [2.24, 2.45) is 0 Å². The van der Waals surface area contributed by atoms with Gasteiger partial charge in [-0.25, -0.2) is 28.2 Å². The standard InChI is InChI=1S/C46H55N8O14P3/c1-46(2)35-22-29(51(3)4)16-18-33(35)42(34-19-17-30(52(5)6)23-36(34)46)31-13-8-9-14-32(31)45(57)53(7)21-11-15-39(56)48-20-10-12-28-25-54(44-41(28)43(47)49-27-50-44)40-24-37(55)38(66-40)26-65-70(61,62)68-71(63,64)67-69(58,59)60/h8-9,13-14,16-19,22-23,25,27,37-38,40,55H,11,15,20-21,24,26H2,1-7H3,(H6-,47,48,49,50,56,58,59,60,61,62,63,64)/p+1/t37-,38+,40+/m0/s1. The van der Waals surface area contributed by atoms with Crippen LogP contribution in [0.25, 0.3) is 16.6 Å². The molecule has 0 saturated carbocycles. The van der Waals surface area contributed by atoms with Crippen LogP contribution in [-0.4, -0.2) is 133 Å². The molecule has 25 heteroatoms. The van der Waals surface area contributed by atoms with Crippen molar-refractivity contribution in [1.82, 2.24) is 24.8 Å². The average Bonchev–Trinajstić information content (AvgIpc) is 3.85. The molecule has 0 spiro atoms. The van der Waals surface area contributed by atoms with Crippen molar-refractivity contribution >= 4 is 69.1 Å². The quantitative estimate of drug-likeness (QED) is 0.0465. The average molecular weight is 1040 g/mol. The Labute approximate surface area is 409 Å². The van der Waals surface area contributed by atoms with Gasteiger partial charge in [-0.2, -0.15) is 8.62 Å². The fourth-order valence-corrected chi connectivity index (χ4v) is 11.7. The lowest BCUT2D eigenvalue weighted by Crippen LogP contribution is -2.32. The summed E-state index contributed by atoms with van der Waals surface area (Å²) in [4.78, 5) is 76.1. The molecule has 0 radical (unpaired) electrons. The Hall–Kier alpha value is -5.62. The van der Waals surface area contributed by atoms with E-state index in [9.17, 15) is 38.2 Å². The van der Waals surface area contributed by atoms with E-state index in [0.717, 1.165) is 44.8 Å². The zero-order valence-corrected chi connectivity index (χ0v) is 42.6. The number of nitrogens with one attached hydrogen (secondary N) is 1. The van der Waals surface area contributed by atoms with E-state index in [-0.39, 0.29) is 48.1 Å². The number of aliphatic hydroxyl groups excluding tert-OH is 1. The zero-order chi connectivity index (χ0) is 51.8. The molecule has 2 aromatic carbocycles. The molecular formula is C46H56N8O14P3+. The molecule has 2 aliphatic carbocycles. The third-order valence-corrected chi connectivity index (χ3v) is 16.0. The van der Waals surface area contributed by atoms with E-state index in [4.69, 9.17) is 20.3 Å². The van der Waals surface area contributed by atoms with Crippen LogP contribution < -0.4 is 16.0 Å². The minimum atomic E-state index is -5.76. The van der Waals surface area contributed by atoms with Gasteiger partial charge in [0.25, 0.3) is 5.91 Å². The van der Waals surface area contributed by atoms with Crippen LogP contribution in [0.1, 0.15) is 71.9 Å². The normalized spacial score (nSPS) is 20.0. The first-order valence-electron chi connectivity index (χ1n) is 22.1. The number of anilines is 2. The van der Waals surface area contributed by atoms with Crippen molar-refractivity contribution in [2.75, 3.05) is 65.6 Å². The summed E-state index contributed by atoms with van der Waals surface area (Å²) in [6.07, 6.45) is 6.00. The maximum atomic E-state index is 14.3. The van der Waals surface area contributed by atoms with E-state index in [0.29, 0.717) is 29.5 Å². The van der Waals surface area contributed by atoms with Gasteiger partial charge in [0, 0.05) is 75.5 Å². The predicted molar refractivity (Wildman–Crippen MR) is 263 cm³/mol. The number of phosphoric acid groups is 3. The summed E-state index contributed by atoms with van der Waals surface area (Å²) in [7, 11) is -7.02. The number of hydrogen-bond donors (Lipinski definition) is 7. The Morgan fingerprint density at radius 2 is 1.75 bits per heavy atom. The van der Waals surface area contributed by atoms with E-state index >= 15 is 0 Å². The number of benzene rings is 2. The molecular weight excluding hydrogens is 981 g/mol. The van der Waals surface area contributed by atoms with Gasteiger partial charge in [-0.3, -0.25) is 14.1 Å². The number of aliphatic hydroxyl groups is 1. The number of rotatable bonds is 16. The van der Waals surface area contributed by atoms with Gasteiger partial charge >= 0.3 is 23.5 Å². The van der Waals surface area contributed by atoms with Gasteiger partial charge < -0.3 is 54.8 Å². The molecule has 22 nitrogen and oxygen atoms in total. The van der Waals surface area contributed by atoms with E-state index < -0.39 is 48.5 Å². The third-order valence-electron chi connectivity index (χ3n) is 12.2. The van der Waals surface area contributed by atoms with Gasteiger partial charge in [0.05, 0.1) is 30.2 Å². The summed E-state index contributed by atoms with van der Waals surface area (Å²) in [5.41, 5.74) is 15.4. The summed E-state index contributed by atoms with van der Waals surface area (Å²) in [5, 5.41) is 13.8. The lowest BCUT2D eigenvalue weighted by Gasteiger charge is -2.39. The summed E-state index contributed by atoms with van der Waals surface area (Å²) in [6, 6.07) is 14.1. The fourth-order valence-electron chi connectivity index (χ4n) is 8.64. The van der Waals surface area contributed by atoms with Crippen LogP contribution in [-0.2, 0) is 41.8 Å². The first kappa shape index (κ1) is 53.2. The molecule has 71 heavy (non-hydrogen) atoms. The molecule has 8 N–H and O–H groups in total. The summed E-state index contributed by atoms with van der Waals surface area (Å²) in [5.74, 6) is 5.45. The van der Waals surface area contributed by atoms with Gasteiger partial charge in [-0.05, 0) is 64.1 Å². The first-order valence-corrected chi connectivity index (χ1v) is 26.6. The lowest BCUT2D eigenvalue weighted by atomic mass is 9.64. The summed E-state index contributed by atoms with van der Waals surface area (Å²) >= 11 is 0. The van der Waals surface area contributed by atoms with Crippen molar-refractivity contribution in [3.63, 3.8) is 0 Å². The molecule has 0 bridgehead atoms. The fraction of sp³-hybridized carbons (Fsp3) is 0.370. The maximum absolute atomic E-state index is 14.3. The lowest BCUT2D eigenvalue weighted by molar-refractivity contribution is -0.462. The Kier molecular flexibility index (Phi) is 15.6. The summed E-state index contributed by atoms with van der Waals surface area (Å²) < 4.78 is 56.4. The van der Waals surface area contributed by atoms with Crippen molar-refractivity contribution < 1.29 is 70.4 Å². The van der Waals surface area contributed by atoms with E-state index in [1.807, 2.05) is 52.5 Å². The molecule has 7 rings (SSSR count). The molecule has 2 aromatic heterocycles. The van der Waals surface area contributed by atoms with Crippen LogP contribution in [0.2, 0.25) is 0 Å². The Morgan fingerprint density at radius 3 is 2.45 bits per heavy atom. The number of allylic oxidation sites excluding steroid dienone is 5. The molecule has 1 aliphatic heterocycles. The number of ether oxygens (including phenoxy) is 1. The SMILES string of the molecule is CN(CCCC(=O)NCC#Cc1cn([C@H]2C[C@H](O)[C@@H](COP(=O)(O)OP(=O)(O)OP(=O)(O)O)O2)c2ncnc(N)c12)C(=O)c1ccccc1C1=C2C=CC(=[N+](C)C)C=C2C(C)(C)c2cc(N(C)C)ccc21. The van der Waals surface area contributed by atoms with E-state index in [1.54, 1.807) is 11.9 Å². The number of hydrogen-bond acceptors (Lipinski definition) is 14. The van der Waals surface area contributed by atoms with Crippen LogP contribution in [0.3, 0.4) is 0 Å². The van der Waals surface area contributed by atoms with Crippen molar-refractivity contribution in [1.29, 1.82) is 0 Å². The number of nitrogens with two attached hydrogens (primary N) is 1. The highest BCUT2D eigenvalue weighted by Gasteiger charge is 2.44. The molecule has 2 unspecified atom stereocenters. The first-order chi connectivity index (χ1) is 33.3. The van der Waals surface area contributed by atoms with Crippen LogP contribution in [0, 0.1) is 11.8 Å². The van der Waals surface area contributed by atoms with Crippen LogP contribution in [0.5, 0.6) is 0 Å². The topological polar surface area (TPSA) is 302 Å². The van der Waals surface area contributed by atoms with Crippen LogP contribution in [0.4, 0.5) is 11.5 Å². The smallest absolute Gasteiger partial charge is 0.390 e. The highest BCUT2D eigenvalue weighted by Crippen LogP contribution is 2.66. The molecule has 3 aliphatic rings. The number of carbonyl (C=O) groups is 2. The number of phosphoric ester groups is 1. The molecule has 378 valence electrons. The van der Waals surface area contributed by atoms with Gasteiger partial charge in [-0.15, -0.1) is 0 Å². The minimum Gasteiger partial charge on any atom is -0.390 e. The van der Waals surface area contributed by atoms with Crippen molar-refractivity contribution in [3.05, 3.63) is 112 Å². The number of carbonyl (C=O) groups excluding carboxylic acids is 2. The zero-order valence-electron chi connectivity index (χ0n) is 39.9. The molecule has 5 atom stereocenters. The number of fused-ring (bicyclic) bond motifs is 3. The van der Waals surface area contributed by atoms with E-state index in [1.165, 1.54) is 17.1 Å². The number of nitrogen functional groups attached to an aromatic ring is 1. The van der Waals surface area contributed by atoms with Gasteiger partial charge in [0.15, 0.2) is 5.71 Å². The molecule has 1 saturated heterocycles. The summed E-state index contributed by atoms with van der Waals surface area (Å²) in [6.45, 7) is 3.86. The number of aromatic nitrogens is 3. The van der Waals surface area contributed by atoms with Gasteiger partial charge in [-0.1, -0.05) is 50.0 Å². The molecule has 2 amide bonds. The van der Waals surface area contributed by atoms with E-state index in [2.05, 4.69) is 100 Å². The second-order valence-corrected chi connectivity index (χ2v) is 22.3. The van der Waals surface area contributed by atoms with Crippen molar-refractivity contribution in [3.8, 4) is 11.8 Å². The van der Waals surface area contributed by atoms with Gasteiger partial charge in [0.2, 0.25) is 5.91 Å².